The van der Waals surface area contributed by atoms with Crippen molar-refractivity contribution in [1.82, 2.24) is 10.2 Å². The Morgan fingerprint density at radius 1 is 1.47 bits per heavy atom. The van der Waals surface area contributed by atoms with E-state index in [0.717, 1.165) is 38.8 Å². The van der Waals surface area contributed by atoms with Crippen LogP contribution in [0.15, 0.2) is 0 Å². The van der Waals surface area contributed by atoms with Gasteiger partial charge in [0, 0.05) is 38.8 Å². The fraction of sp³-hybridized carbons (Fsp3) is 1.00. The maximum Gasteiger partial charge on any atom is 0.0547 e. The van der Waals surface area contributed by atoms with Crippen molar-refractivity contribution >= 4 is 0 Å². The second-order valence-electron chi connectivity index (χ2n) is 6.28. The number of nitrogens with zero attached hydrogens (tertiary/aromatic N) is 1. The molecule has 0 bridgehead atoms. The lowest BCUT2D eigenvalue weighted by molar-refractivity contribution is 0.0554. The fourth-order valence-corrected chi connectivity index (χ4v) is 3.50. The van der Waals surface area contributed by atoms with Crippen molar-refractivity contribution in [3.63, 3.8) is 0 Å². The predicted octanol–water partition coefficient (Wildman–Crippen LogP) is 1.36. The number of nitrogens with one attached hydrogen (secondary N) is 1. The summed E-state index contributed by atoms with van der Waals surface area (Å²) in [6.45, 7) is 10.7. The van der Waals surface area contributed by atoms with Crippen LogP contribution in [0, 0.1) is 11.3 Å². The van der Waals surface area contributed by atoms with Crippen LogP contribution in [-0.4, -0.2) is 64.6 Å². The van der Waals surface area contributed by atoms with E-state index in [4.69, 9.17) is 9.47 Å². The highest BCUT2D eigenvalue weighted by atomic mass is 16.5. The number of piperidine rings is 1. The average Bonchev–Trinajstić information content (AvgIpc) is 2.86. The first-order valence-corrected chi connectivity index (χ1v) is 7.78. The Morgan fingerprint density at radius 3 is 3.05 bits per heavy atom. The van der Waals surface area contributed by atoms with Gasteiger partial charge in [-0.15, -0.1) is 0 Å². The van der Waals surface area contributed by atoms with Crippen LogP contribution in [0.1, 0.15) is 26.2 Å². The van der Waals surface area contributed by atoms with Gasteiger partial charge in [0.25, 0.3) is 0 Å². The van der Waals surface area contributed by atoms with Gasteiger partial charge in [0.05, 0.1) is 13.2 Å². The summed E-state index contributed by atoms with van der Waals surface area (Å²) in [5, 5.41) is 3.53. The molecule has 0 aromatic heterocycles. The lowest BCUT2D eigenvalue weighted by atomic mass is 9.85. The van der Waals surface area contributed by atoms with Gasteiger partial charge < -0.3 is 19.7 Å². The van der Waals surface area contributed by atoms with Crippen molar-refractivity contribution in [3.05, 3.63) is 0 Å². The predicted molar refractivity (Wildman–Crippen MR) is 77.5 cm³/mol. The van der Waals surface area contributed by atoms with Crippen molar-refractivity contribution in [2.75, 3.05) is 59.7 Å². The summed E-state index contributed by atoms with van der Waals surface area (Å²) >= 11 is 0. The van der Waals surface area contributed by atoms with E-state index in [1.807, 2.05) is 7.11 Å². The molecule has 2 saturated heterocycles. The average molecular weight is 270 g/mol. The molecule has 4 heteroatoms. The monoisotopic (exact) mass is 270 g/mol. The van der Waals surface area contributed by atoms with Gasteiger partial charge in [-0.2, -0.15) is 0 Å². The van der Waals surface area contributed by atoms with Crippen molar-refractivity contribution in [3.8, 4) is 0 Å². The first-order valence-electron chi connectivity index (χ1n) is 7.78. The molecule has 0 amide bonds. The van der Waals surface area contributed by atoms with Gasteiger partial charge in [-0.3, -0.25) is 0 Å². The van der Waals surface area contributed by atoms with Gasteiger partial charge in [0.2, 0.25) is 0 Å². The quantitative estimate of drug-likeness (QED) is 0.757. The minimum Gasteiger partial charge on any atom is -0.384 e. The Labute approximate surface area is 117 Å². The van der Waals surface area contributed by atoms with Crippen molar-refractivity contribution in [1.29, 1.82) is 0 Å². The van der Waals surface area contributed by atoms with Crippen molar-refractivity contribution < 1.29 is 9.47 Å². The Hall–Kier alpha value is -0.160. The Kier molecular flexibility index (Phi) is 6.07. The summed E-state index contributed by atoms with van der Waals surface area (Å²) in [5.41, 5.74) is 0.338. The molecule has 2 unspecified atom stereocenters. The zero-order chi connectivity index (χ0) is 13.6. The van der Waals surface area contributed by atoms with Crippen LogP contribution >= 0.6 is 0 Å². The van der Waals surface area contributed by atoms with Crippen LogP contribution in [0.25, 0.3) is 0 Å². The third-order valence-corrected chi connectivity index (χ3v) is 4.50. The van der Waals surface area contributed by atoms with E-state index in [0.29, 0.717) is 5.41 Å². The molecular weight excluding hydrogens is 240 g/mol. The maximum absolute atomic E-state index is 5.68. The van der Waals surface area contributed by atoms with E-state index < -0.39 is 0 Å². The molecule has 2 aliphatic heterocycles. The highest BCUT2D eigenvalue weighted by Crippen LogP contribution is 2.30. The third kappa shape index (κ3) is 4.42. The lowest BCUT2D eigenvalue weighted by Crippen LogP contribution is -2.48. The van der Waals surface area contributed by atoms with Crippen LogP contribution in [0.3, 0.4) is 0 Å². The third-order valence-electron chi connectivity index (χ3n) is 4.50. The molecule has 0 spiro atoms. The molecule has 4 nitrogen and oxygen atoms in total. The van der Waals surface area contributed by atoms with Crippen molar-refractivity contribution in [2.24, 2.45) is 11.3 Å². The van der Waals surface area contributed by atoms with Crippen LogP contribution in [0.5, 0.6) is 0 Å². The smallest absolute Gasteiger partial charge is 0.0547 e. The summed E-state index contributed by atoms with van der Waals surface area (Å²) in [6, 6.07) is 0. The summed E-state index contributed by atoms with van der Waals surface area (Å²) in [4.78, 5) is 2.64. The van der Waals surface area contributed by atoms with E-state index in [9.17, 15) is 0 Å². The minimum absolute atomic E-state index is 0.338. The van der Waals surface area contributed by atoms with Crippen LogP contribution in [0.4, 0.5) is 0 Å². The zero-order valence-electron chi connectivity index (χ0n) is 12.6. The zero-order valence-corrected chi connectivity index (χ0v) is 12.6. The number of likely N-dealkylation sites (tertiary alicyclic amines) is 1. The molecule has 19 heavy (non-hydrogen) atoms. The molecule has 112 valence electrons. The van der Waals surface area contributed by atoms with Crippen LogP contribution < -0.4 is 5.32 Å². The molecule has 1 N–H and O–H groups in total. The molecule has 0 aromatic rings. The Morgan fingerprint density at radius 2 is 2.37 bits per heavy atom. The van der Waals surface area contributed by atoms with E-state index in [1.165, 1.54) is 38.9 Å². The first-order chi connectivity index (χ1) is 9.28. The molecule has 2 rings (SSSR count). The number of ether oxygens (including phenoxy) is 2. The molecule has 2 fully saturated rings. The Balaban J connectivity index is 1.85. The molecule has 0 radical (unpaired) electrons. The van der Waals surface area contributed by atoms with E-state index in [1.54, 1.807) is 0 Å². The topological polar surface area (TPSA) is 33.7 Å². The molecule has 2 heterocycles. The van der Waals surface area contributed by atoms with Gasteiger partial charge in [0.1, 0.15) is 0 Å². The SMILES string of the molecule is CCNCC1(CN2CCCC(COC)C2)CCOC1. The number of hydrogen-bond acceptors (Lipinski definition) is 4. The highest BCUT2D eigenvalue weighted by molar-refractivity contribution is 4.89. The van der Waals surface area contributed by atoms with E-state index in [-0.39, 0.29) is 0 Å². The van der Waals surface area contributed by atoms with E-state index >= 15 is 0 Å². The largest absolute Gasteiger partial charge is 0.384 e. The molecule has 0 saturated carbocycles. The van der Waals surface area contributed by atoms with Crippen molar-refractivity contribution in [2.45, 2.75) is 26.2 Å². The second kappa shape index (κ2) is 7.58. The summed E-state index contributed by atoms with van der Waals surface area (Å²) < 4.78 is 11.0. The van der Waals surface area contributed by atoms with Gasteiger partial charge in [-0.1, -0.05) is 6.92 Å². The standard InChI is InChI=1S/C15H30N2O2/c1-3-16-11-15(6-8-19-13-15)12-17-7-4-5-14(9-17)10-18-2/h14,16H,3-13H2,1-2H3. The maximum atomic E-state index is 5.68. The first kappa shape index (κ1) is 15.2. The van der Waals surface area contributed by atoms with Crippen LogP contribution in [-0.2, 0) is 9.47 Å². The lowest BCUT2D eigenvalue weighted by Gasteiger charge is -2.39. The summed E-state index contributed by atoms with van der Waals surface area (Å²) in [6.07, 6.45) is 3.83. The molecular formula is C15H30N2O2. The number of rotatable bonds is 7. The molecule has 0 aliphatic carbocycles. The summed E-state index contributed by atoms with van der Waals surface area (Å²) in [5.74, 6) is 0.720. The number of hydrogen-bond donors (Lipinski definition) is 1. The van der Waals surface area contributed by atoms with E-state index in [2.05, 4.69) is 17.1 Å². The van der Waals surface area contributed by atoms with Crippen LogP contribution in [0.2, 0.25) is 0 Å². The molecule has 2 aliphatic rings. The van der Waals surface area contributed by atoms with Gasteiger partial charge in [0.15, 0.2) is 0 Å². The normalized spacial score (nSPS) is 32.8. The fourth-order valence-electron chi connectivity index (χ4n) is 3.50. The van der Waals surface area contributed by atoms with Gasteiger partial charge >= 0.3 is 0 Å². The molecule has 0 aromatic carbocycles. The second-order valence-corrected chi connectivity index (χ2v) is 6.28. The molecule has 2 atom stereocenters. The van der Waals surface area contributed by atoms with Gasteiger partial charge in [-0.05, 0) is 38.3 Å². The highest BCUT2D eigenvalue weighted by Gasteiger charge is 2.37. The minimum atomic E-state index is 0.338. The Bertz CT molecular complexity index is 253. The van der Waals surface area contributed by atoms with Gasteiger partial charge in [-0.25, -0.2) is 0 Å². The summed E-state index contributed by atoms with van der Waals surface area (Å²) in [7, 11) is 1.82. The number of methoxy groups -OCH3 is 1.